The fourth-order valence-electron chi connectivity index (χ4n) is 1.43. The maximum atomic E-state index is 12.0. The molecule has 1 amide bonds. The van der Waals surface area contributed by atoms with Crippen molar-refractivity contribution in [2.45, 2.75) is 31.2 Å². The number of hydrogen-bond acceptors (Lipinski definition) is 5. The summed E-state index contributed by atoms with van der Waals surface area (Å²) in [6, 6.07) is 1.64. The van der Waals surface area contributed by atoms with Crippen LogP contribution in [0.2, 0.25) is 5.02 Å². The molecule has 0 radical (unpaired) electrons. The van der Waals surface area contributed by atoms with E-state index in [-0.39, 0.29) is 11.6 Å². The SMILES string of the molecule is CCC(C)NC(=O)c1cc([N+](=O)[O-])c(Cl)c(S(=O)(=O)Cl)c1. The van der Waals surface area contributed by atoms with E-state index < -0.39 is 35.5 Å². The van der Waals surface area contributed by atoms with E-state index in [9.17, 15) is 23.3 Å². The van der Waals surface area contributed by atoms with Gasteiger partial charge in [-0.15, -0.1) is 0 Å². The summed E-state index contributed by atoms with van der Waals surface area (Å²) < 4.78 is 22.8. The molecule has 21 heavy (non-hydrogen) atoms. The van der Waals surface area contributed by atoms with Gasteiger partial charge in [-0.2, -0.15) is 0 Å². The lowest BCUT2D eigenvalue weighted by molar-refractivity contribution is -0.384. The third-order valence-electron chi connectivity index (χ3n) is 2.73. The van der Waals surface area contributed by atoms with Crippen molar-refractivity contribution in [1.29, 1.82) is 0 Å². The van der Waals surface area contributed by atoms with Crippen molar-refractivity contribution >= 4 is 42.9 Å². The number of nitrogens with one attached hydrogen (secondary N) is 1. The number of nitrogens with zero attached hydrogens (tertiary/aromatic N) is 1. The lowest BCUT2D eigenvalue weighted by Gasteiger charge is -2.12. The molecule has 1 unspecified atom stereocenters. The molecule has 0 aromatic heterocycles. The highest BCUT2D eigenvalue weighted by molar-refractivity contribution is 8.13. The number of nitro groups is 1. The molecule has 0 aliphatic rings. The van der Waals surface area contributed by atoms with Gasteiger partial charge in [0.25, 0.3) is 20.6 Å². The molecule has 1 aromatic rings. The van der Waals surface area contributed by atoms with E-state index in [2.05, 4.69) is 5.32 Å². The first-order valence-electron chi connectivity index (χ1n) is 5.81. The minimum atomic E-state index is -4.32. The molecule has 0 aliphatic carbocycles. The maximum Gasteiger partial charge on any atom is 0.290 e. The highest BCUT2D eigenvalue weighted by atomic mass is 35.7. The Morgan fingerprint density at radius 2 is 2.05 bits per heavy atom. The van der Waals surface area contributed by atoms with Crippen LogP contribution in [0.4, 0.5) is 5.69 Å². The highest BCUT2D eigenvalue weighted by Crippen LogP contribution is 2.34. The van der Waals surface area contributed by atoms with Crippen LogP contribution in [-0.2, 0) is 9.05 Å². The van der Waals surface area contributed by atoms with Crippen LogP contribution in [0.15, 0.2) is 17.0 Å². The standard InChI is InChI=1S/C11H12Cl2N2O5S/c1-3-6(2)14-11(16)7-4-8(15(17)18)10(12)9(5-7)21(13,19)20/h4-6H,3H2,1-2H3,(H,14,16). The Kier molecular flexibility index (Phi) is 5.54. The Morgan fingerprint density at radius 3 is 2.48 bits per heavy atom. The van der Waals surface area contributed by atoms with Crippen molar-refractivity contribution < 1.29 is 18.1 Å². The zero-order chi connectivity index (χ0) is 16.4. The number of nitro benzene ring substituents is 1. The summed E-state index contributed by atoms with van der Waals surface area (Å²) in [6.45, 7) is 3.57. The second-order valence-corrected chi connectivity index (χ2v) is 7.20. The van der Waals surface area contributed by atoms with E-state index in [4.69, 9.17) is 22.3 Å². The summed E-state index contributed by atoms with van der Waals surface area (Å²) in [4.78, 5) is 21.3. The van der Waals surface area contributed by atoms with Gasteiger partial charge in [0.05, 0.1) is 4.92 Å². The fraction of sp³-hybridized carbons (Fsp3) is 0.364. The monoisotopic (exact) mass is 354 g/mol. The summed E-state index contributed by atoms with van der Waals surface area (Å²) in [5, 5.41) is 12.8. The Hall–Kier alpha value is -1.38. The number of carbonyl (C=O) groups is 1. The summed E-state index contributed by atoms with van der Waals surface area (Å²) in [6.07, 6.45) is 0.641. The van der Waals surface area contributed by atoms with Gasteiger partial charge in [0.2, 0.25) is 0 Å². The minimum absolute atomic E-state index is 0.178. The predicted molar refractivity (Wildman–Crippen MR) is 78.4 cm³/mol. The molecule has 0 saturated carbocycles. The molecular weight excluding hydrogens is 343 g/mol. The highest BCUT2D eigenvalue weighted by Gasteiger charge is 2.27. The van der Waals surface area contributed by atoms with E-state index in [0.717, 1.165) is 12.1 Å². The molecule has 10 heteroatoms. The van der Waals surface area contributed by atoms with Crippen LogP contribution in [0.3, 0.4) is 0 Å². The van der Waals surface area contributed by atoms with Crippen LogP contribution in [0.25, 0.3) is 0 Å². The van der Waals surface area contributed by atoms with Crippen LogP contribution >= 0.6 is 22.3 Å². The average molecular weight is 355 g/mol. The quantitative estimate of drug-likeness (QED) is 0.496. The summed E-state index contributed by atoms with van der Waals surface area (Å²) in [5.74, 6) is -0.648. The number of rotatable bonds is 5. The second kappa shape index (κ2) is 6.59. The van der Waals surface area contributed by atoms with Crippen molar-refractivity contribution in [3.05, 3.63) is 32.8 Å². The number of hydrogen-bond donors (Lipinski definition) is 1. The number of benzene rings is 1. The van der Waals surface area contributed by atoms with Crippen LogP contribution in [-0.4, -0.2) is 25.3 Å². The number of halogens is 2. The Balaban J connectivity index is 3.45. The molecule has 0 aliphatic heterocycles. The lowest BCUT2D eigenvalue weighted by atomic mass is 10.1. The van der Waals surface area contributed by atoms with Crippen LogP contribution in [0.1, 0.15) is 30.6 Å². The van der Waals surface area contributed by atoms with Gasteiger partial charge in [-0.1, -0.05) is 18.5 Å². The van der Waals surface area contributed by atoms with Crippen molar-refractivity contribution in [3.8, 4) is 0 Å². The Labute approximate surface area is 130 Å². The zero-order valence-corrected chi connectivity index (χ0v) is 13.4. The predicted octanol–water partition coefficient (Wildman–Crippen LogP) is 2.70. The number of amides is 1. The van der Waals surface area contributed by atoms with Crippen LogP contribution < -0.4 is 5.32 Å². The van der Waals surface area contributed by atoms with Gasteiger partial charge in [0.1, 0.15) is 9.92 Å². The first-order chi connectivity index (χ1) is 9.57. The molecule has 116 valence electrons. The Bertz CT molecular complexity index is 690. The van der Waals surface area contributed by atoms with E-state index in [1.54, 1.807) is 6.92 Å². The molecule has 0 fully saturated rings. The smallest absolute Gasteiger partial charge is 0.290 e. The Morgan fingerprint density at radius 1 is 1.48 bits per heavy atom. The molecule has 0 spiro atoms. The van der Waals surface area contributed by atoms with Gasteiger partial charge in [0, 0.05) is 28.4 Å². The summed E-state index contributed by atoms with van der Waals surface area (Å²) in [5.41, 5.74) is -0.904. The van der Waals surface area contributed by atoms with Gasteiger partial charge in [-0.05, 0) is 19.4 Å². The summed E-state index contributed by atoms with van der Waals surface area (Å²) >= 11 is 5.66. The molecule has 1 rings (SSSR count). The van der Waals surface area contributed by atoms with Crippen molar-refractivity contribution in [1.82, 2.24) is 5.32 Å². The lowest BCUT2D eigenvalue weighted by Crippen LogP contribution is -2.32. The fourth-order valence-corrected chi connectivity index (χ4v) is 2.99. The van der Waals surface area contributed by atoms with E-state index in [1.165, 1.54) is 0 Å². The number of carbonyl (C=O) groups excluding carboxylic acids is 1. The van der Waals surface area contributed by atoms with Gasteiger partial charge in [-0.25, -0.2) is 8.42 Å². The molecule has 1 N–H and O–H groups in total. The van der Waals surface area contributed by atoms with Crippen molar-refractivity contribution in [2.75, 3.05) is 0 Å². The van der Waals surface area contributed by atoms with Crippen molar-refractivity contribution in [3.63, 3.8) is 0 Å². The average Bonchev–Trinajstić information content (AvgIpc) is 2.36. The van der Waals surface area contributed by atoms with E-state index in [1.807, 2.05) is 6.92 Å². The van der Waals surface area contributed by atoms with Crippen LogP contribution in [0.5, 0.6) is 0 Å². The largest absolute Gasteiger partial charge is 0.350 e. The minimum Gasteiger partial charge on any atom is -0.350 e. The zero-order valence-electron chi connectivity index (χ0n) is 11.1. The first kappa shape index (κ1) is 17.7. The van der Waals surface area contributed by atoms with Gasteiger partial charge in [0.15, 0.2) is 0 Å². The molecule has 0 saturated heterocycles. The van der Waals surface area contributed by atoms with E-state index >= 15 is 0 Å². The van der Waals surface area contributed by atoms with Crippen molar-refractivity contribution in [2.24, 2.45) is 0 Å². The molecule has 7 nitrogen and oxygen atoms in total. The van der Waals surface area contributed by atoms with Gasteiger partial charge in [-0.3, -0.25) is 14.9 Å². The van der Waals surface area contributed by atoms with Crippen LogP contribution in [0, 0.1) is 10.1 Å². The molecule has 1 aromatic carbocycles. The van der Waals surface area contributed by atoms with Gasteiger partial charge >= 0.3 is 0 Å². The normalized spacial score (nSPS) is 12.8. The molecular formula is C11H12Cl2N2O5S. The molecule has 0 heterocycles. The van der Waals surface area contributed by atoms with Gasteiger partial charge < -0.3 is 5.32 Å². The molecule has 1 atom stereocenters. The second-order valence-electron chi connectivity index (χ2n) is 4.29. The topological polar surface area (TPSA) is 106 Å². The van der Waals surface area contributed by atoms with E-state index in [0.29, 0.717) is 6.42 Å². The summed E-state index contributed by atoms with van der Waals surface area (Å²) in [7, 11) is 0.860. The third kappa shape index (κ3) is 4.29. The maximum absolute atomic E-state index is 12.0. The third-order valence-corrected chi connectivity index (χ3v) is 4.59. The first-order valence-corrected chi connectivity index (χ1v) is 8.50. The molecule has 0 bridgehead atoms.